The van der Waals surface area contributed by atoms with Gasteiger partial charge in [-0.3, -0.25) is 0 Å². The first-order chi connectivity index (χ1) is 8.76. The molecule has 4 nitrogen and oxygen atoms in total. The number of nitrogens with one attached hydrogen (secondary N) is 1. The van der Waals surface area contributed by atoms with E-state index >= 15 is 0 Å². The molecule has 0 aliphatic rings. The largest absolute Gasteiger partial charge is 0.497 e. The summed E-state index contributed by atoms with van der Waals surface area (Å²) in [6.07, 6.45) is 2.34. The molecule has 0 bridgehead atoms. The lowest BCUT2D eigenvalue weighted by Crippen LogP contribution is -1.91. The number of rotatable bonds is 3. The molecular formula is C14H14N2O2. The standard InChI is InChI=1S/C14H14N2O2/c1-17-12-2-3-13-10(8-12)7-11(16-13)6-9-4-5-18-14(9)15/h2-5,7-8,16H,6,15H2,1H3. The first-order valence-corrected chi connectivity index (χ1v) is 5.74. The number of H-pyrrole nitrogens is 1. The fourth-order valence-electron chi connectivity index (χ4n) is 2.09. The number of aromatic nitrogens is 1. The highest BCUT2D eigenvalue weighted by Crippen LogP contribution is 2.24. The summed E-state index contributed by atoms with van der Waals surface area (Å²) < 4.78 is 10.3. The number of aromatic amines is 1. The molecule has 0 amide bonds. The van der Waals surface area contributed by atoms with Crippen molar-refractivity contribution < 1.29 is 9.15 Å². The van der Waals surface area contributed by atoms with E-state index in [1.165, 1.54) is 0 Å². The van der Waals surface area contributed by atoms with Crippen molar-refractivity contribution in [2.24, 2.45) is 0 Å². The van der Waals surface area contributed by atoms with Crippen LogP contribution >= 0.6 is 0 Å². The van der Waals surface area contributed by atoms with Gasteiger partial charge in [0.15, 0.2) is 5.88 Å². The second-order valence-corrected chi connectivity index (χ2v) is 4.23. The van der Waals surface area contributed by atoms with Crippen molar-refractivity contribution in [2.45, 2.75) is 6.42 Å². The zero-order valence-corrected chi connectivity index (χ0v) is 10.1. The summed E-state index contributed by atoms with van der Waals surface area (Å²) in [5.41, 5.74) is 8.92. The molecular weight excluding hydrogens is 228 g/mol. The SMILES string of the molecule is COc1ccc2[nH]c(Cc3ccoc3N)cc2c1. The Labute approximate surface area is 104 Å². The maximum absolute atomic E-state index is 5.73. The van der Waals surface area contributed by atoms with E-state index in [-0.39, 0.29) is 0 Å². The lowest BCUT2D eigenvalue weighted by molar-refractivity contribution is 0.415. The summed E-state index contributed by atoms with van der Waals surface area (Å²) in [4.78, 5) is 3.36. The predicted molar refractivity (Wildman–Crippen MR) is 70.8 cm³/mol. The Bertz CT molecular complexity index is 682. The minimum absolute atomic E-state index is 0.478. The topological polar surface area (TPSA) is 64.2 Å². The van der Waals surface area contributed by atoms with Gasteiger partial charge in [0.1, 0.15) is 5.75 Å². The molecule has 1 aromatic carbocycles. The molecule has 0 atom stereocenters. The molecule has 0 aliphatic carbocycles. The quantitative estimate of drug-likeness (QED) is 0.742. The van der Waals surface area contributed by atoms with Crippen LogP contribution in [0.2, 0.25) is 0 Å². The molecule has 0 saturated heterocycles. The average Bonchev–Trinajstić information content (AvgIpc) is 2.95. The van der Waals surface area contributed by atoms with Crippen LogP contribution < -0.4 is 10.5 Å². The van der Waals surface area contributed by atoms with E-state index in [2.05, 4.69) is 11.1 Å². The number of nitrogen functional groups attached to an aromatic ring is 1. The van der Waals surface area contributed by atoms with Crippen LogP contribution in [0, 0.1) is 0 Å². The van der Waals surface area contributed by atoms with E-state index < -0.39 is 0 Å². The predicted octanol–water partition coefficient (Wildman–Crippen LogP) is 2.94. The van der Waals surface area contributed by atoms with Crippen LogP contribution in [0.1, 0.15) is 11.3 Å². The lowest BCUT2D eigenvalue weighted by Gasteiger charge is -1.97. The summed E-state index contributed by atoms with van der Waals surface area (Å²) in [5, 5.41) is 1.13. The molecule has 18 heavy (non-hydrogen) atoms. The molecule has 2 heterocycles. The normalized spacial score (nSPS) is 10.9. The number of hydrogen-bond acceptors (Lipinski definition) is 3. The summed E-state index contributed by atoms with van der Waals surface area (Å²) >= 11 is 0. The molecule has 4 heteroatoms. The van der Waals surface area contributed by atoms with Crippen LogP contribution in [0.15, 0.2) is 41.0 Å². The fourth-order valence-corrected chi connectivity index (χ4v) is 2.09. The Morgan fingerprint density at radius 3 is 2.89 bits per heavy atom. The molecule has 3 N–H and O–H groups in total. The minimum Gasteiger partial charge on any atom is -0.497 e. The van der Waals surface area contributed by atoms with Gasteiger partial charge >= 0.3 is 0 Å². The molecule has 2 aromatic heterocycles. The first kappa shape index (κ1) is 10.8. The Morgan fingerprint density at radius 1 is 1.28 bits per heavy atom. The molecule has 0 unspecified atom stereocenters. The summed E-state index contributed by atoms with van der Waals surface area (Å²) in [5.74, 6) is 1.34. The molecule has 0 aliphatic heterocycles. The van der Waals surface area contributed by atoms with Crippen molar-refractivity contribution in [3.63, 3.8) is 0 Å². The first-order valence-electron chi connectivity index (χ1n) is 5.74. The van der Waals surface area contributed by atoms with Crippen LogP contribution in [0.5, 0.6) is 5.75 Å². The highest BCUT2D eigenvalue weighted by molar-refractivity contribution is 5.82. The Hall–Kier alpha value is -2.36. The van der Waals surface area contributed by atoms with Crippen molar-refractivity contribution in [3.05, 3.63) is 47.9 Å². The number of hydrogen-bond donors (Lipinski definition) is 2. The van der Waals surface area contributed by atoms with Gasteiger partial charge in [-0.25, -0.2) is 0 Å². The van der Waals surface area contributed by atoms with Gasteiger partial charge in [0.05, 0.1) is 13.4 Å². The average molecular weight is 242 g/mol. The van der Waals surface area contributed by atoms with Crippen molar-refractivity contribution in [1.82, 2.24) is 4.98 Å². The molecule has 3 rings (SSSR count). The second-order valence-electron chi connectivity index (χ2n) is 4.23. The lowest BCUT2D eigenvalue weighted by atomic mass is 10.1. The maximum Gasteiger partial charge on any atom is 0.193 e. The van der Waals surface area contributed by atoms with Gasteiger partial charge in [-0.2, -0.15) is 0 Å². The van der Waals surface area contributed by atoms with E-state index in [9.17, 15) is 0 Å². The molecule has 0 saturated carbocycles. The number of nitrogens with two attached hydrogens (primary N) is 1. The van der Waals surface area contributed by atoms with Crippen molar-refractivity contribution in [3.8, 4) is 5.75 Å². The van der Waals surface area contributed by atoms with Crippen molar-refractivity contribution in [2.75, 3.05) is 12.8 Å². The number of benzene rings is 1. The van der Waals surface area contributed by atoms with Gasteiger partial charge in [0, 0.05) is 28.6 Å². The van der Waals surface area contributed by atoms with Gasteiger partial charge in [-0.1, -0.05) is 0 Å². The van der Waals surface area contributed by atoms with Crippen LogP contribution in [-0.4, -0.2) is 12.1 Å². The molecule has 3 aromatic rings. The fraction of sp³-hybridized carbons (Fsp3) is 0.143. The third-order valence-corrected chi connectivity index (χ3v) is 3.05. The van der Waals surface area contributed by atoms with E-state index in [1.54, 1.807) is 13.4 Å². The highest BCUT2D eigenvalue weighted by atomic mass is 16.5. The van der Waals surface area contributed by atoms with E-state index in [0.717, 1.165) is 34.3 Å². The smallest absolute Gasteiger partial charge is 0.193 e. The summed E-state index contributed by atoms with van der Waals surface area (Å²) in [6, 6.07) is 9.95. The summed E-state index contributed by atoms with van der Waals surface area (Å²) in [7, 11) is 1.67. The van der Waals surface area contributed by atoms with Gasteiger partial charge in [-0.15, -0.1) is 0 Å². The van der Waals surface area contributed by atoms with Crippen LogP contribution in [0.3, 0.4) is 0 Å². The molecule has 92 valence electrons. The Morgan fingerprint density at radius 2 is 2.17 bits per heavy atom. The number of methoxy groups -OCH3 is 1. The minimum atomic E-state index is 0.478. The summed E-state index contributed by atoms with van der Waals surface area (Å²) in [6.45, 7) is 0. The Kier molecular flexibility index (Phi) is 2.48. The third-order valence-electron chi connectivity index (χ3n) is 3.05. The molecule has 0 fully saturated rings. The van der Waals surface area contributed by atoms with E-state index in [0.29, 0.717) is 5.88 Å². The van der Waals surface area contributed by atoms with Crippen LogP contribution in [-0.2, 0) is 6.42 Å². The second kappa shape index (κ2) is 4.14. The van der Waals surface area contributed by atoms with Crippen molar-refractivity contribution in [1.29, 1.82) is 0 Å². The van der Waals surface area contributed by atoms with E-state index in [4.69, 9.17) is 14.9 Å². The Balaban J connectivity index is 1.96. The van der Waals surface area contributed by atoms with Gasteiger partial charge in [0.25, 0.3) is 0 Å². The molecule has 0 spiro atoms. The number of anilines is 1. The zero-order chi connectivity index (χ0) is 12.5. The molecule has 0 radical (unpaired) electrons. The highest BCUT2D eigenvalue weighted by Gasteiger charge is 2.07. The van der Waals surface area contributed by atoms with Gasteiger partial charge < -0.3 is 19.9 Å². The number of fused-ring (bicyclic) bond motifs is 1. The number of furan rings is 1. The van der Waals surface area contributed by atoms with Crippen LogP contribution in [0.4, 0.5) is 5.88 Å². The zero-order valence-electron chi connectivity index (χ0n) is 10.1. The van der Waals surface area contributed by atoms with Gasteiger partial charge in [-0.05, 0) is 30.3 Å². The number of ether oxygens (including phenoxy) is 1. The third kappa shape index (κ3) is 1.82. The van der Waals surface area contributed by atoms with E-state index in [1.807, 2.05) is 24.3 Å². The monoisotopic (exact) mass is 242 g/mol. The maximum atomic E-state index is 5.73. The van der Waals surface area contributed by atoms with Gasteiger partial charge in [0.2, 0.25) is 0 Å². The van der Waals surface area contributed by atoms with Crippen molar-refractivity contribution >= 4 is 16.8 Å². The van der Waals surface area contributed by atoms with Crippen LogP contribution in [0.25, 0.3) is 10.9 Å².